The fraction of sp³-hybridized carbons (Fsp3) is 0.500. The van der Waals surface area contributed by atoms with Crippen LogP contribution in [0.3, 0.4) is 0 Å². The molecule has 7 nitrogen and oxygen atoms in total. The molecule has 1 aromatic carbocycles. The van der Waals surface area contributed by atoms with Gasteiger partial charge in [-0.1, -0.05) is 31.0 Å². The van der Waals surface area contributed by atoms with E-state index in [1.165, 1.54) is 0 Å². The van der Waals surface area contributed by atoms with Crippen molar-refractivity contribution in [1.82, 2.24) is 14.9 Å². The third-order valence-electron chi connectivity index (χ3n) is 4.45. The molecule has 3 rings (SSSR count). The number of hydrogen-bond acceptors (Lipinski definition) is 6. The lowest BCUT2D eigenvalue weighted by molar-refractivity contribution is 0.372. The molecular weight excluding hydrogens is 364 g/mol. The normalized spacial score (nSPS) is 16.6. The van der Waals surface area contributed by atoms with E-state index in [0.717, 1.165) is 31.2 Å². The van der Waals surface area contributed by atoms with Gasteiger partial charge in [-0.3, -0.25) is 0 Å². The van der Waals surface area contributed by atoms with Gasteiger partial charge in [0.15, 0.2) is 5.82 Å². The molecule has 25 heavy (non-hydrogen) atoms. The summed E-state index contributed by atoms with van der Waals surface area (Å²) in [5.74, 6) is 0.794. The molecule has 0 unspecified atom stereocenters. The van der Waals surface area contributed by atoms with Gasteiger partial charge in [-0.15, -0.1) is 12.4 Å². The van der Waals surface area contributed by atoms with Crippen LogP contribution in [0.2, 0.25) is 0 Å². The van der Waals surface area contributed by atoms with Crippen molar-refractivity contribution in [1.29, 1.82) is 0 Å². The summed E-state index contributed by atoms with van der Waals surface area (Å²) >= 11 is 0. The van der Waals surface area contributed by atoms with E-state index in [0.29, 0.717) is 23.8 Å². The lowest BCUT2D eigenvalue weighted by atomic mass is 9.98. The highest BCUT2D eigenvalue weighted by molar-refractivity contribution is 7.89. The molecule has 1 heterocycles. The van der Waals surface area contributed by atoms with Gasteiger partial charge in [0, 0.05) is 12.1 Å². The average molecular weight is 387 g/mol. The van der Waals surface area contributed by atoms with Gasteiger partial charge in [-0.25, -0.2) is 13.1 Å². The highest BCUT2D eigenvalue weighted by Crippen LogP contribution is 2.36. The number of halogens is 1. The van der Waals surface area contributed by atoms with Crippen molar-refractivity contribution >= 4 is 22.4 Å². The number of rotatable bonds is 5. The van der Waals surface area contributed by atoms with E-state index < -0.39 is 15.6 Å². The van der Waals surface area contributed by atoms with Crippen LogP contribution in [0.15, 0.2) is 27.6 Å². The molecular formula is C16H23ClN4O3S. The quantitative estimate of drug-likeness (QED) is 0.816. The highest BCUT2D eigenvalue weighted by atomic mass is 35.5. The molecule has 2 aromatic rings. The van der Waals surface area contributed by atoms with Crippen LogP contribution in [-0.2, 0) is 15.6 Å². The molecule has 3 N–H and O–H groups in total. The third-order valence-corrected chi connectivity index (χ3v) is 5.99. The SMILES string of the molecule is CCNS(=O)(=O)c1ccc(C)c(-c2nc(C3(N)CCCC3)no2)c1.Cl. The maximum atomic E-state index is 12.2. The van der Waals surface area contributed by atoms with Gasteiger partial charge in [0.05, 0.1) is 10.4 Å². The monoisotopic (exact) mass is 386 g/mol. The molecule has 0 spiro atoms. The molecule has 1 fully saturated rings. The molecule has 0 atom stereocenters. The first-order valence-electron chi connectivity index (χ1n) is 8.09. The number of nitrogens with one attached hydrogen (secondary N) is 1. The molecule has 0 bridgehead atoms. The van der Waals surface area contributed by atoms with E-state index in [-0.39, 0.29) is 17.3 Å². The third kappa shape index (κ3) is 3.87. The Morgan fingerprint density at radius 3 is 2.64 bits per heavy atom. The van der Waals surface area contributed by atoms with Gasteiger partial charge in [0.2, 0.25) is 10.0 Å². The minimum Gasteiger partial charge on any atom is -0.334 e. The number of benzene rings is 1. The molecule has 0 aliphatic heterocycles. The Hall–Kier alpha value is -1.48. The number of nitrogens with zero attached hydrogens (tertiary/aromatic N) is 2. The standard InChI is InChI=1S/C16H22N4O3S.ClH/c1-3-18-24(21,22)12-7-6-11(2)13(10-12)14-19-15(20-23-14)16(17)8-4-5-9-16;/h6-7,10,18H,3-5,8-9,17H2,1-2H3;1H. The number of aromatic nitrogens is 2. The predicted molar refractivity (Wildman–Crippen MR) is 96.9 cm³/mol. The van der Waals surface area contributed by atoms with Crippen molar-refractivity contribution in [2.24, 2.45) is 5.73 Å². The maximum absolute atomic E-state index is 12.2. The highest BCUT2D eigenvalue weighted by Gasteiger charge is 2.36. The van der Waals surface area contributed by atoms with Crippen LogP contribution in [0.5, 0.6) is 0 Å². The van der Waals surface area contributed by atoms with E-state index in [9.17, 15) is 8.42 Å². The smallest absolute Gasteiger partial charge is 0.258 e. The Morgan fingerprint density at radius 2 is 2.00 bits per heavy atom. The van der Waals surface area contributed by atoms with Gasteiger partial charge in [-0.05, 0) is 37.5 Å². The Bertz CT molecular complexity index is 845. The lowest BCUT2D eigenvalue weighted by Gasteiger charge is -2.17. The minimum absolute atomic E-state index is 0. The first kappa shape index (κ1) is 19.8. The van der Waals surface area contributed by atoms with E-state index in [1.807, 2.05) is 6.92 Å². The summed E-state index contributed by atoms with van der Waals surface area (Å²) in [6, 6.07) is 4.86. The first-order valence-corrected chi connectivity index (χ1v) is 9.58. The summed E-state index contributed by atoms with van der Waals surface area (Å²) in [5.41, 5.74) is 7.28. The summed E-state index contributed by atoms with van der Waals surface area (Å²) in [6.45, 7) is 3.93. The first-order chi connectivity index (χ1) is 11.4. The van der Waals surface area contributed by atoms with Crippen molar-refractivity contribution in [3.63, 3.8) is 0 Å². The van der Waals surface area contributed by atoms with Crippen molar-refractivity contribution in [3.8, 4) is 11.5 Å². The van der Waals surface area contributed by atoms with Gasteiger partial charge in [0.1, 0.15) is 0 Å². The average Bonchev–Trinajstić information content (AvgIpc) is 3.17. The van der Waals surface area contributed by atoms with Crippen LogP contribution >= 0.6 is 12.4 Å². The summed E-state index contributed by atoms with van der Waals surface area (Å²) in [7, 11) is -3.54. The summed E-state index contributed by atoms with van der Waals surface area (Å²) < 4.78 is 32.2. The molecule has 0 radical (unpaired) electrons. The molecule has 1 aliphatic carbocycles. The molecule has 0 amide bonds. The van der Waals surface area contributed by atoms with Crippen LogP contribution in [0.1, 0.15) is 44.0 Å². The second-order valence-corrected chi connectivity index (χ2v) is 8.03. The molecule has 1 aromatic heterocycles. The molecule has 138 valence electrons. The number of hydrogen-bond donors (Lipinski definition) is 2. The zero-order valence-corrected chi connectivity index (χ0v) is 15.9. The zero-order chi connectivity index (χ0) is 17.4. The number of nitrogens with two attached hydrogens (primary N) is 1. The van der Waals surface area contributed by atoms with Gasteiger partial charge in [-0.2, -0.15) is 4.98 Å². The van der Waals surface area contributed by atoms with E-state index >= 15 is 0 Å². The molecule has 1 saturated carbocycles. The van der Waals surface area contributed by atoms with Gasteiger partial charge in [0.25, 0.3) is 5.89 Å². The fourth-order valence-electron chi connectivity index (χ4n) is 3.04. The Morgan fingerprint density at radius 1 is 1.32 bits per heavy atom. The van der Waals surface area contributed by atoms with Crippen LogP contribution in [0.25, 0.3) is 11.5 Å². The van der Waals surface area contributed by atoms with Gasteiger partial charge >= 0.3 is 0 Å². The van der Waals surface area contributed by atoms with Crippen molar-refractivity contribution in [2.75, 3.05) is 6.54 Å². The number of aryl methyl sites for hydroxylation is 1. The minimum atomic E-state index is -3.54. The zero-order valence-electron chi connectivity index (χ0n) is 14.3. The van der Waals surface area contributed by atoms with Gasteiger partial charge < -0.3 is 10.3 Å². The van der Waals surface area contributed by atoms with Crippen LogP contribution in [0, 0.1) is 6.92 Å². The van der Waals surface area contributed by atoms with Crippen molar-refractivity contribution in [2.45, 2.75) is 50.0 Å². The summed E-state index contributed by atoms with van der Waals surface area (Å²) in [4.78, 5) is 4.62. The lowest BCUT2D eigenvalue weighted by Crippen LogP contribution is -2.34. The van der Waals surface area contributed by atoms with E-state index in [2.05, 4.69) is 14.9 Å². The second kappa shape index (κ2) is 7.41. The van der Waals surface area contributed by atoms with Crippen molar-refractivity contribution < 1.29 is 12.9 Å². The van der Waals surface area contributed by atoms with E-state index in [4.69, 9.17) is 10.3 Å². The Labute approximate surface area is 153 Å². The van der Waals surface area contributed by atoms with E-state index in [1.54, 1.807) is 25.1 Å². The maximum Gasteiger partial charge on any atom is 0.258 e. The fourth-order valence-corrected chi connectivity index (χ4v) is 4.10. The molecule has 1 aliphatic rings. The predicted octanol–water partition coefficient (Wildman–Crippen LogP) is 2.49. The van der Waals surface area contributed by atoms with Crippen molar-refractivity contribution in [3.05, 3.63) is 29.6 Å². The topological polar surface area (TPSA) is 111 Å². The molecule has 9 heteroatoms. The summed E-state index contributed by atoms with van der Waals surface area (Å²) in [6.07, 6.45) is 3.77. The van der Waals surface area contributed by atoms with Crippen LogP contribution < -0.4 is 10.5 Å². The Kier molecular flexibility index (Phi) is 5.88. The largest absolute Gasteiger partial charge is 0.334 e. The summed E-state index contributed by atoms with van der Waals surface area (Å²) in [5, 5.41) is 4.04. The van der Waals surface area contributed by atoms with Crippen LogP contribution in [-0.4, -0.2) is 25.1 Å². The number of sulfonamides is 1. The Balaban J connectivity index is 0.00000225. The van der Waals surface area contributed by atoms with Crippen LogP contribution in [0.4, 0.5) is 0 Å². The second-order valence-electron chi connectivity index (χ2n) is 6.26. The molecule has 0 saturated heterocycles.